The first kappa shape index (κ1) is 21.6. The van der Waals surface area contributed by atoms with Crippen LogP contribution in [0.25, 0.3) is 0 Å². The summed E-state index contributed by atoms with van der Waals surface area (Å²) in [5.74, 6) is 0.359. The van der Waals surface area contributed by atoms with Gasteiger partial charge in [-0.1, -0.05) is 29.8 Å². The highest BCUT2D eigenvalue weighted by atomic mass is 35.5. The first-order valence-electron chi connectivity index (χ1n) is 8.99. The first-order valence-corrected chi connectivity index (χ1v) is 9.37. The van der Waals surface area contributed by atoms with Gasteiger partial charge >= 0.3 is 5.97 Å². The van der Waals surface area contributed by atoms with Gasteiger partial charge in [0.2, 0.25) is 0 Å². The number of nitrogens with one attached hydrogen (secondary N) is 1. The molecule has 0 aliphatic rings. The van der Waals surface area contributed by atoms with Crippen LogP contribution in [0, 0.1) is 0 Å². The average Bonchev–Trinajstić information content (AvgIpc) is 2.67. The largest absolute Gasteiger partial charge is 0.495 e. The molecule has 0 heterocycles. The number of carbonyl (C=O) groups is 2. The number of benzene rings is 2. The van der Waals surface area contributed by atoms with Crippen molar-refractivity contribution in [3.05, 3.63) is 53.1 Å². The lowest BCUT2D eigenvalue weighted by molar-refractivity contribution is -0.153. The number of halogens is 1. The molecule has 28 heavy (non-hydrogen) atoms. The minimum absolute atomic E-state index is 0.149. The highest BCUT2D eigenvalue weighted by Gasteiger charge is 2.18. The highest BCUT2D eigenvalue weighted by Crippen LogP contribution is 2.27. The van der Waals surface area contributed by atoms with Crippen LogP contribution in [-0.4, -0.2) is 31.7 Å². The molecule has 7 heteroatoms. The van der Waals surface area contributed by atoms with E-state index in [1.54, 1.807) is 18.2 Å². The van der Waals surface area contributed by atoms with Crippen molar-refractivity contribution in [1.29, 1.82) is 0 Å². The number of para-hydroxylation sites is 1. The predicted octanol–water partition coefficient (Wildman–Crippen LogP) is 4.25. The molecule has 2 aromatic carbocycles. The van der Waals surface area contributed by atoms with E-state index < -0.39 is 18.0 Å². The Labute approximate surface area is 169 Å². The third-order valence-corrected chi connectivity index (χ3v) is 4.26. The lowest BCUT2D eigenvalue weighted by atomic mass is 10.1. The SMILES string of the molecule is CCOc1ccccc1CCC(=O)O[C@H](C)C(=O)Nc1ccc(OC)c(Cl)c1. The van der Waals surface area contributed by atoms with Crippen LogP contribution in [-0.2, 0) is 20.7 Å². The Morgan fingerprint density at radius 2 is 1.89 bits per heavy atom. The number of rotatable bonds is 9. The van der Waals surface area contributed by atoms with Gasteiger partial charge in [-0.3, -0.25) is 9.59 Å². The zero-order valence-corrected chi connectivity index (χ0v) is 16.9. The third kappa shape index (κ3) is 6.16. The number of ether oxygens (including phenoxy) is 3. The van der Waals surface area contributed by atoms with Gasteiger partial charge in [0.05, 0.1) is 18.7 Å². The van der Waals surface area contributed by atoms with Crippen LogP contribution in [0.1, 0.15) is 25.8 Å². The van der Waals surface area contributed by atoms with E-state index in [0.717, 1.165) is 11.3 Å². The van der Waals surface area contributed by atoms with Crippen molar-refractivity contribution >= 4 is 29.2 Å². The zero-order valence-electron chi connectivity index (χ0n) is 16.2. The molecular weight excluding hydrogens is 382 g/mol. The molecule has 0 aromatic heterocycles. The number of aryl methyl sites for hydroxylation is 1. The van der Waals surface area contributed by atoms with Crippen molar-refractivity contribution in [3.8, 4) is 11.5 Å². The van der Waals surface area contributed by atoms with E-state index in [0.29, 0.717) is 29.5 Å². The fourth-order valence-electron chi connectivity index (χ4n) is 2.54. The summed E-state index contributed by atoms with van der Waals surface area (Å²) in [6.07, 6.45) is -0.316. The van der Waals surface area contributed by atoms with Crippen molar-refractivity contribution in [1.82, 2.24) is 0 Å². The van der Waals surface area contributed by atoms with Crippen LogP contribution >= 0.6 is 11.6 Å². The molecule has 2 aromatic rings. The molecule has 0 fully saturated rings. The normalized spacial score (nSPS) is 11.4. The minimum Gasteiger partial charge on any atom is -0.495 e. The summed E-state index contributed by atoms with van der Waals surface area (Å²) in [5.41, 5.74) is 1.41. The number of esters is 1. The van der Waals surface area contributed by atoms with Crippen LogP contribution in [0.2, 0.25) is 5.02 Å². The zero-order chi connectivity index (χ0) is 20.5. The second kappa shape index (κ2) is 10.6. The van der Waals surface area contributed by atoms with Crippen molar-refractivity contribution in [3.63, 3.8) is 0 Å². The number of methoxy groups -OCH3 is 1. The second-order valence-electron chi connectivity index (χ2n) is 6.01. The van der Waals surface area contributed by atoms with Gasteiger partial charge in [0.15, 0.2) is 6.10 Å². The Morgan fingerprint density at radius 3 is 2.57 bits per heavy atom. The number of anilines is 1. The van der Waals surface area contributed by atoms with Gasteiger partial charge < -0.3 is 19.5 Å². The molecule has 150 valence electrons. The molecule has 0 unspecified atom stereocenters. The van der Waals surface area contributed by atoms with Crippen molar-refractivity contribution in [2.24, 2.45) is 0 Å². The number of carbonyl (C=O) groups excluding carboxylic acids is 2. The van der Waals surface area contributed by atoms with Crippen molar-refractivity contribution in [2.45, 2.75) is 32.8 Å². The van der Waals surface area contributed by atoms with Crippen LogP contribution in [0.4, 0.5) is 5.69 Å². The fourth-order valence-corrected chi connectivity index (χ4v) is 2.80. The van der Waals surface area contributed by atoms with E-state index in [-0.39, 0.29) is 6.42 Å². The van der Waals surface area contributed by atoms with E-state index in [1.807, 2.05) is 31.2 Å². The summed E-state index contributed by atoms with van der Waals surface area (Å²) in [6, 6.07) is 12.4. The van der Waals surface area contributed by atoms with Crippen molar-refractivity contribution < 1.29 is 23.8 Å². The monoisotopic (exact) mass is 405 g/mol. The summed E-state index contributed by atoms with van der Waals surface area (Å²) >= 11 is 6.04. The molecule has 2 rings (SSSR count). The van der Waals surface area contributed by atoms with E-state index in [1.165, 1.54) is 14.0 Å². The lowest BCUT2D eigenvalue weighted by Crippen LogP contribution is -2.30. The quantitative estimate of drug-likeness (QED) is 0.631. The molecular formula is C21H24ClNO5. The molecule has 1 N–H and O–H groups in total. The van der Waals surface area contributed by atoms with Crippen LogP contribution in [0.15, 0.2) is 42.5 Å². The van der Waals surface area contributed by atoms with E-state index in [2.05, 4.69) is 5.32 Å². The molecule has 0 bridgehead atoms. The van der Waals surface area contributed by atoms with Gasteiger partial charge in [0.1, 0.15) is 11.5 Å². The number of amides is 1. The minimum atomic E-state index is -0.935. The maximum absolute atomic E-state index is 12.2. The molecule has 0 saturated heterocycles. The Balaban J connectivity index is 1.86. The summed E-state index contributed by atoms with van der Waals surface area (Å²) in [6.45, 7) is 3.97. The predicted molar refractivity (Wildman–Crippen MR) is 108 cm³/mol. The second-order valence-corrected chi connectivity index (χ2v) is 6.42. The molecule has 6 nitrogen and oxygen atoms in total. The van der Waals surface area contributed by atoms with Gasteiger partial charge in [-0.05, 0) is 50.1 Å². The Morgan fingerprint density at radius 1 is 1.14 bits per heavy atom. The van der Waals surface area contributed by atoms with Gasteiger partial charge in [0, 0.05) is 12.1 Å². The smallest absolute Gasteiger partial charge is 0.306 e. The van der Waals surface area contributed by atoms with Crippen LogP contribution < -0.4 is 14.8 Å². The van der Waals surface area contributed by atoms with Crippen LogP contribution in [0.5, 0.6) is 11.5 Å². The Hall–Kier alpha value is -2.73. The molecule has 0 radical (unpaired) electrons. The molecule has 0 spiro atoms. The topological polar surface area (TPSA) is 73.9 Å². The number of hydrogen-bond donors (Lipinski definition) is 1. The summed E-state index contributed by atoms with van der Waals surface area (Å²) < 4.78 is 15.8. The molecule has 0 aliphatic carbocycles. The Bertz CT molecular complexity index is 824. The maximum atomic E-state index is 12.2. The van der Waals surface area contributed by atoms with Gasteiger partial charge in [0.25, 0.3) is 5.91 Å². The standard InChI is InChI=1S/C21H24ClNO5/c1-4-27-18-8-6-5-7-15(18)9-12-20(24)28-14(2)21(25)23-16-10-11-19(26-3)17(22)13-16/h5-8,10-11,13-14H,4,9,12H2,1-3H3,(H,23,25)/t14-/m1/s1. The van der Waals surface area contributed by atoms with Gasteiger partial charge in [-0.25, -0.2) is 0 Å². The first-order chi connectivity index (χ1) is 13.4. The van der Waals surface area contributed by atoms with Crippen LogP contribution in [0.3, 0.4) is 0 Å². The molecule has 0 aliphatic heterocycles. The molecule has 1 atom stereocenters. The van der Waals surface area contributed by atoms with Gasteiger partial charge in [-0.2, -0.15) is 0 Å². The van der Waals surface area contributed by atoms with E-state index in [9.17, 15) is 9.59 Å². The average molecular weight is 406 g/mol. The summed E-state index contributed by atoms with van der Waals surface area (Å²) in [4.78, 5) is 24.4. The third-order valence-electron chi connectivity index (χ3n) is 3.97. The molecule has 0 saturated carbocycles. The maximum Gasteiger partial charge on any atom is 0.306 e. The fraction of sp³-hybridized carbons (Fsp3) is 0.333. The van der Waals surface area contributed by atoms with Gasteiger partial charge in [-0.15, -0.1) is 0 Å². The lowest BCUT2D eigenvalue weighted by Gasteiger charge is -2.15. The van der Waals surface area contributed by atoms with Crippen molar-refractivity contribution in [2.75, 3.05) is 19.0 Å². The summed E-state index contributed by atoms with van der Waals surface area (Å²) in [7, 11) is 1.51. The van der Waals surface area contributed by atoms with E-state index in [4.69, 9.17) is 25.8 Å². The molecule has 1 amide bonds. The highest BCUT2D eigenvalue weighted by molar-refractivity contribution is 6.32. The number of hydrogen-bond acceptors (Lipinski definition) is 5. The summed E-state index contributed by atoms with van der Waals surface area (Å²) in [5, 5.41) is 3.04. The Kier molecular flexibility index (Phi) is 8.14. The van der Waals surface area contributed by atoms with E-state index >= 15 is 0 Å².